The van der Waals surface area contributed by atoms with Crippen LogP contribution in [0, 0.1) is 5.82 Å². The van der Waals surface area contributed by atoms with Crippen molar-refractivity contribution in [2.45, 2.75) is 12.5 Å². The zero-order chi connectivity index (χ0) is 10.9. The summed E-state index contributed by atoms with van der Waals surface area (Å²) in [6.45, 7) is 0. The summed E-state index contributed by atoms with van der Waals surface area (Å²) in [4.78, 5) is 0. The number of phenolic OH excluding ortho intramolecular Hbond substituents is 1. The van der Waals surface area contributed by atoms with E-state index in [1.165, 1.54) is 0 Å². The smallest absolute Gasteiger partial charge is 0.257 e. The number of benzene rings is 1. The van der Waals surface area contributed by atoms with Crippen LogP contribution in [-0.4, -0.2) is 11.5 Å². The van der Waals surface area contributed by atoms with Gasteiger partial charge in [0.25, 0.3) is 6.43 Å². The Hall–Kier alpha value is -0.750. The van der Waals surface area contributed by atoms with Crippen molar-refractivity contribution in [2.24, 2.45) is 5.73 Å². The Morgan fingerprint density at radius 1 is 1.36 bits per heavy atom. The maximum absolute atomic E-state index is 12.8. The standard InChI is InChI=1S/C8H7BrF3NO/c9-5-2-3(10)1-4(7(5)14)6(13)8(11)12/h1-2,6,8,14H,13H2/t6-/m1/s1. The second-order valence-electron chi connectivity index (χ2n) is 2.69. The summed E-state index contributed by atoms with van der Waals surface area (Å²) in [5.41, 5.74) is 4.77. The van der Waals surface area contributed by atoms with E-state index in [1.54, 1.807) is 0 Å². The van der Waals surface area contributed by atoms with Crippen LogP contribution < -0.4 is 5.73 Å². The van der Waals surface area contributed by atoms with Crippen LogP contribution in [-0.2, 0) is 0 Å². The highest BCUT2D eigenvalue weighted by Crippen LogP contribution is 2.34. The van der Waals surface area contributed by atoms with E-state index in [4.69, 9.17) is 5.73 Å². The van der Waals surface area contributed by atoms with Gasteiger partial charge >= 0.3 is 0 Å². The normalized spacial score (nSPS) is 13.3. The van der Waals surface area contributed by atoms with Crippen LogP contribution in [0.5, 0.6) is 5.75 Å². The largest absolute Gasteiger partial charge is 0.506 e. The van der Waals surface area contributed by atoms with E-state index in [2.05, 4.69) is 15.9 Å². The van der Waals surface area contributed by atoms with Crippen LogP contribution in [0.1, 0.15) is 11.6 Å². The summed E-state index contributed by atoms with van der Waals surface area (Å²) in [6.07, 6.45) is -2.85. The van der Waals surface area contributed by atoms with Crippen molar-refractivity contribution in [3.63, 3.8) is 0 Å². The van der Waals surface area contributed by atoms with Crippen molar-refractivity contribution >= 4 is 15.9 Å². The number of hydrogen-bond donors (Lipinski definition) is 2. The van der Waals surface area contributed by atoms with Gasteiger partial charge in [0, 0.05) is 5.56 Å². The molecular formula is C8H7BrF3NO. The number of nitrogens with two attached hydrogens (primary N) is 1. The van der Waals surface area contributed by atoms with Gasteiger partial charge in [-0.05, 0) is 28.1 Å². The van der Waals surface area contributed by atoms with Crippen LogP contribution in [0.2, 0.25) is 0 Å². The van der Waals surface area contributed by atoms with Gasteiger partial charge in [0.2, 0.25) is 0 Å². The molecule has 0 unspecified atom stereocenters. The third kappa shape index (κ3) is 2.19. The van der Waals surface area contributed by atoms with Gasteiger partial charge in [-0.2, -0.15) is 0 Å². The molecule has 0 aliphatic heterocycles. The van der Waals surface area contributed by atoms with Crippen LogP contribution >= 0.6 is 15.9 Å². The predicted octanol–water partition coefficient (Wildman–Crippen LogP) is 2.56. The molecule has 0 saturated carbocycles. The van der Waals surface area contributed by atoms with E-state index in [-0.39, 0.29) is 10.0 Å². The zero-order valence-corrected chi connectivity index (χ0v) is 8.43. The molecule has 1 aromatic carbocycles. The molecule has 1 rings (SSSR count). The van der Waals surface area contributed by atoms with Gasteiger partial charge in [-0.3, -0.25) is 0 Å². The lowest BCUT2D eigenvalue weighted by atomic mass is 10.1. The average molecular weight is 270 g/mol. The summed E-state index contributed by atoms with van der Waals surface area (Å²) in [7, 11) is 0. The van der Waals surface area contributed by atoms with Gasteiger partial charge in [-0.25, -0.2) is 13.2 Å². The first-order valence-corrected chi connectivity index (χ1v) is 4.44. The molecule has 3 N–H and O–H groups in total. The molecule has 0 amide bonds. The first kappa shape index (κ1) is 11.3. The SMILES string of the molecule is N[C@H](c1cc(F)cc(Br)c1O)C(F)F. The van der Waals surface area contributed by atoms with Gasteiger partial charge < -0.3 is 10.8 Å². The summed E-state index contributed by atoms with van der Waals surface area (Å²) in [5.74, 6) is -1.19. The molecule has 0 heterocycles. The highest BCUT2D eigenvalue weighted by molar-refractivity contribution is 9.10. The Bertz CT molecular complexity index is 346. The molecule has 1 atom stereocenters. The van der Waals surface area contributed by atoms with E-state index < -0.39 is 24.0 Å². The Morgan fingerprint density at radius 3 is 2.43 bits per heavy atom. The topological polar surface area (TPSA) is 46.2 Å². The molecule has 0 radical (unpaired) electrons. The van der Waals surface area contributed by atoms with Gasteiger partial charge in [-0.15, -0.1) is 0 Å². The quantitative estimate of drug-likeness (QED) is 0.867. The Kier molecular flexibility index (Phi) is 3.38. The fraction of sp³-hybridized carbons (Fsp3) is 0.250. The van der Waals surface area contributed by atoms with Gasteiger partial charge in [-0.1, -0.05) is 0 Å². The van der Waals surface area contributed by atoms with Crippen LogP contribution in [0.4, 0.5) is 13.2 Å². The number of phenols is 1. The number of hydrogen-bond acceptors (Lipinski definition) is 2. The van der Waals surface area contributed by atoms with Crippen molar-refractivity contribution in [2.75, 3.05) is 0 Å². The third-order valence-electron chi connectivity index (χ3n) is 1.69. The molecule has 0 fully saturated rings. The Labute approximate surface area is 86.7 Å². The summed E-state index contributed by atoms with van der Waals surface area (Å²) in [6, 6.07) is 0.0653. The molecule has 0 aromatic heterocycles. The van der Waals surface area contributed by atoms with Crippen LogP contribution in [0.25, 0.3) is 0 Å². The maximum atomic E-state index is 12.8. The molecule has 0 bridgehead atoms. The summed E-state index contributed by atoms with van der Waals surface area (Å²) >= 11 is 2.82. The monoisotopic (exact) mass is 269 g/mol. The zero-order valence-electron chi connectivity index (χ0n) is 6.85. The summed E-state index contributed by atoms with van der Waals surface area (Å²) in [5, 5.41) is 9.31. The minimum Gasteiger partial charge on any atom is -0.506 e. The van der Waals surface area contributed by atoms with Crippen LogP contribution in [0.3, 0.4) is 0 Å². The van der Waals surface area contributed by atoms with E-state index in [1.807, 2.05) is 0 Å². The maximum Gasteiger partial charge on any atom is 0.257 e. The number of aromatic hydroxyl groups is 1. The fourth-order valence-corrected chi connectivity index (χ4v) is 1.42. The van der Waals surface area contributed by atoms with Crippen molar-refractivity contribution in [1.29, 1.82) is 0 Å². The average Bonchev–Trinajstić information content (AvgIpc) is 2.09. The lowest BCUT2D eigenvalue weighted by Crippen LogP contribution is -2.19. The van der Waals surface area contributed by atoms with Crippen molar-refractivity contribution in [1.82, 2.24) is 0 Å². The second kappa shape index (κ2) is 4.18. The van der Waals surface area contributed by atoms with E-state index in [9.17, 15) is 18.3 Å². The molecule has 78 valence electrons. The Morgan fingerprint density at radius 2 is 1.93 bits per heavy atom. The highest BCUT2D eigenvalue weighted by Gasteiger charge is 2.22. The molecule has 2 nitrogen and oxygen atoms in total. The number of halogens is 4. The van der Waals surface area contributed by atoms with Crippen molar-refractivity contribution in [3.05, 3.63) is 28.0 Å². The molecular weight excluding hydrogens is 263 g/mol. The van der Waals surface area contributed by atoms with E-state index >= 15 is 0 Å². The van der Waals surface area contributed by atoms with Gasteiger partial charge in [0.1, 0.15) is 11.6 Å². The first-order valence-electron chi connectivity index (χ1n) is 3.65. The lowest BCUT2D eigenvalue weighted by molar-refractivity contribution is 0.115. The highest BCUT2D eigenvalue weighted by atomic mass is 79.9. The van der Waals surface area contributed by atoms with E-state index in [0.29, 0.717) is 0 Å². The fourth-order valence-electron chi connectivity index (χ4n) is 0.976. The third-order valence-corrected chi connectivity index (χ3v) is 2.29. The number of alkyl halides is 2. The van der Waals surface area contributed by atoms with Crippen LogP contribution in [0.15, 0.2) is 16.6 Å². The Balaban J connectivity index is 3.20. The van der Waals surface area contributed by atoms with Crippen molar-refractivity contribution < 1.29 is 18.3 Å². The van der Waals surface area contributed by atoms with Gasteiger partial charge in [0.15, 0.2) is 0 Å². The number of rotatable bonds is 2. The molecule has 0 saturated heterocycles. The first-order chi connectivity index (χ1) is 6.43. The summed E-state index contributed by atoms with van der Waals surface area (Å²) < 4.78 is 37.2. The molecule has 14 heavy (non-hydrogen) atoms. The molecule has 6 heteroatoms. The van der Waals surface area contributed by atoms with Gasteiger partial charge in [0.05, 0.1) is 10.5 Å². The minimum absolute atomic E-state index is 0.00333. The molecule has 0 aliphatic carbocycles. The van der Waals surface area contributed by atoms with Crippen molar-refractivity contribution in [3.8, 4) is 5.75 Å². The molecule has 0 aliphatic rings. The minimum atomic E-state index is -2.85. The van der Waals surface area contributed by atoms with E-state index in [0.717, 1.165) is 12.1 Å². The predicted molar refractivity (Wildman–Crippen MR) is 48.7 cm³/mol. The lowest BCUT2D eigenvalue weighted by Gasteiger charge is -2.13. The second-order valence-corrected chi connectivity index (χ2v) is 3.54. The molecule has 0 spiro atoms. The molecule has 1 aromatic rings.